The molecule has 0 saturated heterocycles. The van der Waals surface area contributed by atoms with Gasteiger partial charge >= 0.3 is 5.97 Å². The standard InChI is InChI=1S/C22H26N2O6/c1-4-5-10-30-21-13-18(24(26)27)16(12-20(21)28-2)14-23-17-9-7-6-8-15(17)11-19(23)22(25)29-3/h6-9,12-13,19H,4-5,10-11,14H2,1-3H3/t19-/m0/s1. The third-order valence-electron chi connectivity index (χ3n) is 5.22. The van der Waals surface area contributed by atoms with Gasteiger partial charge in [-0.15, -0.1) is 0 Å². The Hall–Kier alpha value is -3.29. The fraction of sp³-hybridized carbons (Fsp3) is 0.409. The molecular formula is C22H26N2O6. The largest absolute Gasteiger partial charge is 0.493 e. The summed E-state index contributed by atoms with van der Waals surface area (Å²) in [5, 5.41) is 11.8. The van der Waals surface area contributed by atoms with Crippen LogP contribution in [-0.2, 0) is 22.5 Å². The predicted molar refractivity (Wildman–Crippen MR) is 112 cm³/mol. The molecule has 0 radical (unpaired) electrons. The molecule has 3 rings (SSSR count). The van der Waals surface area contributed by atoms with Gasteiger partial charge in [0.05, 0.1) is 43.9 Å². The van der Waals surface area contributed by atoms with Gasteiger partial charge in [0.2, 0.25) is 0 Å². The van der Waals surface area contributed by atoms with Crippen molar-refractivity contribution in [3.05, 3.63) is 57.6 Å². The van der Waals surface area contributed by atoms with E-state index in [9.17, 15) is 14.9 Å². The molecule has 0 aliphatic carbocycles. The molecule has 1 aliphatic heterocycles. The van der Waals surface area contributed by atoms with E-state index in [0.717, 1.165) is 24.1 Å². The Bertz CT molecular complexity index is 930. The van der Waals surface area contributed by atoms with Crippen molar-refractivity contribution < 1.29 is 23.9 Å². The van der Waals surface area contributed by atoms with Gasteiger partial charge < -0.3 is 19.1 Å². The van der Waals surface area contributed by atoms with Crippen LogP contribution in [0.3, 0.4) is 0 Å². The summed E-state index contributed by atoms with van der Waals surface area (Å²) in [6, 6.07) is 10.1. The summed E-state index contributed by atoms with van der Waals surface area (Å²) in [5.41, 5.74) is 2.23. The van der Waals surface area contributed by atoms with E-state index in [0.29, 0.717) is 30.1 Å². The molecule has 2 aromatic rings. The molecule has 8 nitrogen and oxygen atoms in total. The first-order chi connectivity index (χ1) is 14.5. The van der Waals surface area contributed by atoms with Crippen molar-refractivity contribution in [2.24, 2.45) is 0 Å². The molecule has 1 aliphatic rings. The normalized spacial score (nSPS) is 14.9. The highest BCUT2D eigenvalue weighted by Gasteiger charge is 2.36. The third-order valence-corrected chi connectivity index (χ3v) is 5.22. The Kier molecular flexibility index (Phi) is 6.76. The summed E-state index contributed by atoms with van der Waals surface area (Å²) >= 11 is 0. The smallest absolute Gasteiger partial charge is 0.328 e. The van der Waals surface area contributed by atoms with Gasteiger partial charge in [-0.1, -0.05) is 31.5 Å². The van der Waals surface area contributed by atoms with Crippen LogP contribution < -0.4 is 14.4 Å². The lowest BCUT2D eigenvalue weighted by molar-refractivity contribution is -0.385. The number of ether oxygens (including phenoxy) is 3. The minimum absolute atomic E-state index is 0.0738. The second-order valence-corrected chi connectivity index (χ2v) is 7.09. The van der Waals surface area contributed by atoms with Crippen LogP contribution in [0.4, 0.5) is 11.4 Å². The van der Waals surface area contributed by atoms with Crippen molar-refractivity contribution in [3.8, 4) is 11.5 Å². The van der Waals surface area contributed by atoms with Gasteiger partial charge in [-0.25, -0.2) is 4.79 Å². The molecule has 2 aromatic carbocycles. The van der Waals surface area contributed by atoms with Crippen molar-refractivity contribution in [2.45, 2.75) is 38.8 Å². The number of carbonyl (C=O) groups excluding carboxylic acids is 1. The van der Waals surface area contributed by atoms with Gasteiger partial charge in [-0.2, -0.15) is 0 Å². The van der Waals surface area contributed by atoms with Crippen molar-refractivity contribution >= 4 is 17.3 Å². The minimum Gasteiger partial charge on any atom is -0.493 e. The second kappa shape index (κ2) is 9.47. The van der Waals surface area contributed by atoms with E-state index in [2.05, 4.69) is 0 Å². The van der Waals surface area contributed by atoms with Crippen LogP contribution in [0, 0.1) is 10.1 Å². The zero-order valence-corrected chi connectivity index (χ0v) is 17.4. The molecule has 160 valence electrons. The lowest BCUT2D eigenvalue weighted by Crippen LogP contribution is -2.39. The third kappa shape index (κ3) is 4.32. The highest BCUT2D eigenvalue weighted by Crippen LogP contribution is 2.39. The van der Waals surface area contributed by atoms with E-state index in [1.165, 1.54) is 20.3 Å². The molecule has 0 fully saturated rings. The van der Waals surface area contributed by atoms with Gasteiger partial charge in [-0.3, -0.25) is 10.1 Å². The monoisotopic (exact) mass is 414 g/mol. The van der Waals surface area contributed by atoms with Gasteiger partial charge in [0, 0.05) is 12.1 Å². The Balaban J connectivity index is 1.99. The zero-order chi connectivity index (χ0) is 21.7. The van der Waals surface area contributed by atoms with Crippen LogP contribution in [-0.4, -0.2) is 37.8 Å². The summed E-state index contributed by atoms with van der Waals surface area (Å²) in [7, 11) is 2.84. The number of benzene rings is 2. The van der Waals surface area contributed by atoms with Crippen LogP contribution in [0.1, 0.15) is 30.9 Å². The first kappa shape index (κ1) is 21.4. The fourth-order valence-electron chi connectivity index (χ4n) is 3.66. The molecule has 30 heavy (non-hydrogen) atoms. The number of fused-ring (bicyclic) bond motifs is 1. The molecule has 0 unspecified atom stereocenters. The van der Waals surface area contributed by atoms with Crippen molar-refractivity contribution in [1.29, 1.82) is 0 Å². The Morgan fingerprint density at radius 1 is 1.23 bits per heavy atom. The maximum atomic E-state index is 12.4. The van der Waals surface area contributed by atoms with E-state index in [-0.39, 0.29) is 18.2 Å². The number of unbranched alkanes of at least 4 members (excludes halogenated alkanes) is 1. The molecular weight excluding hydrogens is 388 g/mol. The van der Waals surface area contributed by atoms with E-state index >= 15 is 0 Å². The zero-order valence-electron chi connectivity index (χ0n) is 17.4. The molecule has 1 atom stereocenters. The summed E-state index contributed by atoms with van der Waals surface area (Å²) in [5.74, 6) is 0.391. The van der Waals surface area contributed by atoms with Crippen LogP contribution in [0.15, 0.2) is 36.4 Å². The summed E-state index contributed by atoms with van der Waals surface area (Å²) < 4.78 is 16.1. The highest BCUT2D eigenvalue weighted by molar-refractivity contribution is 5.84. The summed E-state index contributed by atoms with van der Waals surface area (Å²) in [6.45, 7) is 2.66. The van der Waals surface area contributed by atoms with Crippen molar-refractivity contribution in [3.63, 3.8) is 0 Å². The SMILES string of the molecule is CCCCOc1cc([N+](=O)[O-])c(CN2c3ccccc3C[C@H]2C(=O)OC)cc1OC. The number of nitro benzene ring substituents is 1. The molecule has 0 bridgehead atoms. The van der Waals surface area contributed by atoms with Crippen LogP contribution >= 0.6 is 0 Å². The Morgan fingerprint density at radius 2 is 2.00 bits per heavy atom. The van der Waals surface area contributed by atoms with E-state index in [1.807, 2.05) is 36.1 Å². The number of esters is 1. The summed E-state index contributed by atoms with van der Waals surface area (Å²) in [4.78, 5) is 25.6. The van der Waals surface area contributed by atoms with Crippen LogP contribution in [0.25, 0.3) is 0 Å². The number of para-hydroxylation sites is 1. The number of nitro groups is 1. The molecule has 0 N–H and O–H groups in total. The quantitative estimate of drug-likeness (QED) is 0.266. The number of anilines is 1. The first-order valence-electron chi connectivity index (χ1n) is 9.90. The Morgan fingerprint density at radius 3 is 2.67 bits per heavy atom. The average Bonchev–Trinajstić information content (AvgIpc) is 3.12. The van der Waals surface area contributed by atoms with Crippen LogP contribution in [0.2, 0.25) is 0 Å². The summed E-state index contributed by atoms with van der Waals surface area (Å²) in [6.07, 6.45) is 2.28. The highest BCUT2D eigenvalue weighted by atomic mass is 16.6. The molecule has 1 heterocycles. The fourth-order valence-corrected chi connectivity index (χ4v) is 3.66. The van der Waals surface area contributed by atoms with E-state index < -0.39 is 11.0 Å². The number of hydrogen-bond acceptors (Lipinski definition) is 7. The molecule has 0 amide bonds. The predicted octanol–water partition coefficient (Wildman–Crippen LogP) is 3.89. The average molecular weight is 414 g/mol. The second-order valence-electron chi connectivity index (χ2n) is 7.09. The minimum atomic E-state index is -0.543. The topological polar surface area (TPSA) is 91.1 Å². The maximum Gasteiger partial charge on any atom is 0.328 e. The van der Waals surface area contributed by atoms with E-state index in [1.54, 1.807) is 6.07 Å². The lowest BCUT2D eigenvalue weighted by Gasteiger charge is -2.26. The van der Waals surface area contributed by atoms with Gasteiger partial charge in [0.15, 0.2) is 11.5 Å². The first-order valence-corrected chi connectivity index (χ1v) is 9.90. The number of rotatable bonds is 9. The van der Waals surface area contributed by atoms with Gasteiger partial charge in [-0.05, 0) is 24.1 Å². The molecule has 0 saturated carbocycles. The van der Waals surface area contributed by atoms with Crippen molar-refractivity contribution in [1.82, 2.24) is 0 Å². The van der Waals surface area contributed by atoms with Gasteiger partial charge in [0.1, 0.15) is 6.04 Å². The maximum absolute atomic E-state index is 12.4. The van der Waals surface area contributed by atoms with Crippen LogP contribution in [0.5, 0.6) is 11.5 Å². The number of carbonyl (C=O) groups is 1. The lowest BCUT2D eigenvalue weighted by atomic mass is 10.1. The molecule has 0 spiro atoms. The number of nitrogens with zero attached hydrogens (tertiary/aromatic N) is 2. The van der Waals surface area contributed by atoms with E-state index in [4.69, 9.17) is 14.2 Å². The Labute approximate surface area is 175 Å². The van der Waals surface area contributed by atoms with Gasteiger partial charge in [0.25, 0.3) is 5.69 Å². The van der Waals surface area contributed by atoms with Crippen molar-refractivity contribution in [2.75, 3.05) is 25.7 Å². The molecule has 0 aromatic heterocycles. The number of methoxy groups -OCH3 is 2. The number of hydrogen-bond donors (Lipinski definition) is 0. The molecule has 8 heteroatoms.